The van der Waals surface area contributed by atoms with Crippen molar-refractivity contribution in [2.45, 2.75) is 77.0 Å². The number of rotatable bonds is 5. The van der Waals surface area contributed by atoms with Crippen molar-refractivity contribution in [3.05, 3.63) is 35.9 Å². The Morgan fingerprint density at radius 3 is 2.63 bits per heavy atom. The molecule has 3 atom stereocenters. The number of likely N-dealkylation sites (tertiary alicyclic amines) is 1. The van der Waals surface area contributed by atoms with Crippen LogP contribution in [-0.4, -0.2) is 53.4 Å². The van der Waals surface area contributed by atoms with E-state index in [9.17, 15) is 14.4 Å². The van der Waals surface area contributed by atoms with Crippen molar-refractivity contribution >= 4 is 18.0 Å². The Hall–Kier alpha value is -2.61. The third-order valence-electron chi connectivity index (χ3n) is 4.98. The third kappa shape index (κ3) is 5.95. The van der Waals surface area contributed by atoms with Gasteiger partial charge in [0.15, 0.2) is 0 Å². The fourth-order valence-corrected chi connectivity index (χ4v) is 3.58. The molecule has 2 aliphatic heterocycles. The van der Waals surface area contributed by atoms with E-state index >= 15 is 0 Å². The lowest BCUT2D eigenvalue weighted by atomic mass is 10.0. The highest BCUT2D eigenvalue weighted by Gasteiger charge is 2.40. The van der Waals surface area contributed by atoms with Crippen LogP contribution in [0.25, 0.3) is 0 Å². The molecule has 1 aromatic rings. The maximum Gasteiger partial charge on any atom is 0.410 e. The van der Waals surface area contributed by atoms with Gasteiger partial charge in [0.1, 0.15) is 17.7 Å². The molecule has 2 aliphatic rings. The van der Waals surface area contributed by atoms with Crippen LogP contribution in [0.4, 0.5) is 4.79 Å². The molecule has 0 bridgehead atoms. The normalized spacial score (nSPS) is 24.3. The second kappa shape index (κ2) is 9.47. The summed E-state index contributed by atoms with van der Waals surface area (Å²) in [6, 6.07) is 8.27. The van der Waals surface area contributed by atoms with E-state index < -0.39 is 36.0 Å². The quantitative estimate of drug-likeness (QED) is 0.739. The number of amides is 2. The van der Waals surface area contributed by atoms with Gasteiger partial charge in [-0.3, -0.25) is 14.5 Å². The van der Waals surface area contributed by atoms with Crippen LogP contribution in [0.1, 0.15) is 52.0 Å². The number of hydrogen-bond acceptors (Lipinski definition) is 6. The monoisotopic (exact) mass is 418 g/mol. The van der Waals surface area contributed by atoms with Crippen molar-refractivity contribution in [2.75, 3.05) is 6.54 Å². The molecule has 0 aromatic heterocycles. The summed E-state index contributed by atoms with van der Waals surface area (Å²) in [5.74, 6) is -0.747. The number of ether oxygens (including phenoxy) is 3. The predicted molar refractivity (Wildman–Crippen MR) is 108 cm³/mol. The standard InChI is InChI=1S/C22H30N2O6/c1-22(2,3)30-21(27)24-12-8-7-11-17(24)19(26)23-16-13-18(25)29-20(16)28-14-15-9-5-4-6-10-15/h4-6,9-10,16-17,20H,7-8,11-14H2,1-3H3,(H,23,26)/t16-,17-,20?/m0/s1. The summed E-state index contributed by atoms with van der Waals surface area (Å²) in [4.78, 5) is 38.8. The fraction of sp³-hybridized carbons (Fsp3) is 0.591. The van der Waals surface area contributed by atoms with Gasteiger partial charge in [0, 0.05) is 6.54 Å². The minimum absolute atomic E-state index is 0.0321. The van der Waals surface area contributed by atoms with Crippen molar-refractivity contribution in [2.24, 2.45) is 0 Å². The molecule has 8 heteroatoms. The van der Waals surface area contributed by atoms with E-state index in [2.05, 4.69) is 5.32 Å². The number of carbonyl (C=O) groups excluding carboxylic acids is 3. The van der Waals surface area contributed by atoms with Crippen LogP contribution in [0.15, 0.2) is 30.3 Å². The third-order valence-corrected chi connectivity index (χ3v) is 4.98. The Bertz CT molecular complexity index is 761. The Kier molecular flexibility index (Phi) is 6.97. The summed E-state index contributed by atoms with van der Waals surface area (Å²) >= 11 is 0. The highest BCUT2D eigenvalue weighted by molar-refractivity contribution is 5.87. The van der Waals surface area contributed by atoms with E-state index in [0.29, 0.717) is 13.0 Å². The largest absolute Gasteiger partial charge is 0.444 e. The molecule has 2 amide bonds. The van der Waals surface area contributed by atoms with Crippen molar-refractivity contribution in [3.63, 3.8) is 0 Å². The van der Waals surface area contributed by atoms with E-state index in [-0.39, 0.29) is 18.9 Å². The lowest BCUT2D eigenvalue weighted by molar-refractivity contribution is -0.168. The predicted octanol–water partition coefficient (Wildman–Crippen LogP) is 2.75. The van der Waals surface area contributed by atoms with Crippen molar-refractivity contribution in [3.8, 4) is 0 Å². The fourth-order valence-electron chi connectivity index (χ4n) is 3.58. The molecule has 30 heavy (non-hydrogen) atoms. The molecule has 1 aromatic carbocycles. The van der Waals surface area contributed by atoms with Crippen LogP contribution in [0.2, 0.25) is 0 Å². The smallest absolute Gasteiger partial charge is 0.410 e. The van der Waals surface area contributed by atoms with Gasteiger partial charge >= 0.3 is 12.1 Å². The second-order valence-electron chi connectivity index (χ2n) is 8.66. The van der Waals surface area contributed by atoms with Crippen LogP contribution >= 0.6 is 0 Å². The number of nitrogens with zero attached hydrogens (tertiary/aromatic N) is 1. The van der Waals surface area contributed by atoms with Crippen molar-refractivity contribution < 1.29 is 28.6 Å². The topological polar surface area (TPSA) is 94.2 Å². The lowest BCUT2D eigenvalue weighted by Gasteiger charge is -2.36. The molecular formula is C22H30N2O6. The molecule has 2 saturated heterocycles. The zero-order valence-corrected chi connectivity index (χ0v) is 17.8. The molecule has 2 fully saturated rings. The van der Waals surface area contributed by atoms with Crippen molar-refractivity contribution in [1.29, 1.82) is 0 Å². The highest BCUT2D eigenvalue weighted by Crippen LogP contribution is 2.23. The zero-order chi connectivity index (χ0) is 21.7. The first-order chi connectivity index (χ1) is 14.2. The summed E-state index contributed by atoms with van der Waals surface area (Å²) in [5, 5.41) is 2.85. The maximum atomic E-state index is 13.0. The van der Waals surface area contributed by atoms with E-state index in [4.69, 9.17) is 14.2 Å². The van der Waals surface area contributed by atoms with Crippen LogP contribution in [0, 0.1) is 0 Å². The summed E-state index contributed by atoms with van der Waals surface area (Å²) in [6.45, 7) is 6.10. The van der Waals surface area contributed by atoms with Gasteiger partial charge in [-0.05, 0) is 45.6 Å². The van der Waals surface area contributed by atoms with Crippen LogP contribution in [-0.2, 0) is 30.4 Å². The first-order valence-electron chi connectivity index (χ1n) is 10.4. The Balaban J connectivity index is 1.61. The summed E-state index contributed by atoms with van der Waals surface area (Å²) < 4.78 is 16.4. The first-order valence-corrected chi connectivity index (χ1v) is 10.4. The van der Waals surface area contributed by atoms with Gasteiger partial charge in [-0.1, -0.05) is 30.3 Å². The van der Waals surface area contributed by atoms with Gasteiger partial charge in [0.05, 0.1) is 13.0 Å². The van der Waals surface area contributed by atoms with Crippen LogP contribution in [0.3, 0.4) is 0 Å². The molecule has 164 valence electrons. The average Bonchev–Trinajstić information content (AvgIpc) is 3.05. The molecule has 0 radical (unpaired) electrons. The summed E-state index contributed by atoms with van der Waals surface area (Å²) in [6.07, 6.45) is 0.868. The lowest BCUT2D eigenvalue weighted by Crippen LogP contribution is -2.55. The zero-order valence-electron chi connectivity index (χ0n) is 17.8. The van der Waals surface area contributed by atoms with E-state index in [1.54, 1.807) is 20.8 Å². The van der Waals surface area contributed by atoms with E-state index in [0.717, 1.165) is 18.4 Å². The number of nitrogens with one attached hydrogen (secondary N) is 1. The van der Waals surface area contributed by atoms with Crippen LogP contribution in [0.5, 0.6) is 0 Å². The minimum atomic E-state index is -0.861. The number of benzene rings is 1. The van der Waals surface area contributed by atoms with Gasteiger partial charge < -0.3 is 19.5 Å². The SMILES string of the molecule is CC(C)(C)OC(=O)N1CCCC[C@H]1C(=O)N[C@H]1CC(=O)OC1OCc1ccccc1. The number of hydrogen-bond donors (Lipinski definition) is 1. The molecule has 0 saturated carbocycles. The molecule has 1 N–H and O–H groups in total. The summed E-state index contributed by atoms with van der Waals surface area (Å²) in [7, 11) is 0. The Morgan fingerprint density at radius 1 is 1.20 bits per heavy atom. The van der Waals surface area contributed by atoms with Crippen LogP contribution < -0.4 is 5.32 Å². The maximum absolute atomic E-state index is 13.0. The molecule has 8 nitrogen and oxygen atoms in total. The van der Waals surface area contributed by atoms with Gasteiger partial charge in [0.25, 0.3) is 0 Å². The Morgan fingerprint density at radius 2 is 1.93 bits per heavy atom. The molecule has 3 rings (SSSR count). The number of piperidine rings is 1. The number of esters is 1. The van der Waals surface area contributed by atoms with Crippen molar-refractivity contribution in [1.82, 2.24) is 10.2 Å². The summed E-state index contributed by atoms with van der Waals surface area (Å²) in [5.41, 5.74) is 0.298. The average molecular weight is 418 g/mol. The molecule has 0 spiro atoms. The van der Waals surface area contributed by atoms with Gasteiger partial charge in [-0.15, -0.1) is 0 Å². The number of cyclic esters (lactones) is 1. The first kappa shape index (κ1) is 22.1. The van der Waals surface area contributed by atoms with E-state index in [1.807, 2.05) is 30.3 Å². The van der Waals surface area contributed by atoms with Gasteiger partial charge in [0.2, 0.25) is 12.2 Å². The molecule has 2 heterocycles. The highest BCUT2D eigenvalue weighted by atomic mass is 16.7. The minimum Gasteiger partial charge on any atom is -0.444 e. The molecule has 1 unspecified atom stereocenters. The molecule has 0 aliphatic carbocycles. The second-order valence-corrected chi connectivity index (χ2v) is 8.66. The number of carbonyl (C=O) groups is 3. The van der Waals surface area contributed by atoms with E-state index in [1.165, 1.54) is 4.90 Å². The van der Waals surface area contributed by atoms with Gasteiger partial charge in [-0.25, -0.2) is 4.79 Å². The Labute approximate surface area is 176 Å². The molecular weight excluding hydrogens is 388 g/mol. The van der Waals surface area contributed by atoms with Gasteiger partial charge in [-0.2, -0.15) is 0 Å².